The SMILES string of the molecule is O=C(C1CNNC1c1ccccc1)N1CCC(C(O)c2ccccc2)CC1. The van der Waals surface area contributed by atoms with Gasteiger partial charge in [0.1, 0.15) is 0 Å². The van der Waals surface area contributed by atoms with Crippen LogP contribution in [0, 0.1) is 11.8 Å². The molecule has 2 aromatic rings. The van der Waals surface area contributed by atoms with Crippen LogP contribution in [0.15, 0.2) is 60.7 Å². The number of carbonyl (C=O) groups excluding carboxylic acids is 1. The van der Waals surface area contributed by atoms with Gasteiger partial charge in [-0.1, -0.05) is 60.7 Å². The highest BCUT2D eigenvalue weighted by molar-refractivity contribution is 5.80. The van der Waals surface area contributed by atoms with E-state index in [4.69, 9.17) is 0 Å². The number of hydrogen-bond donors (Lipinski definition) is 3. The second-order valence-electron chi connectivity index (χ2n) is 7.54. The van der Waals surface area contributed by atoms with E-state index in [1.54, 1.807) is 0 Å². The third kappa shape index (κ3) is 3.90. The minimum atomic E-state index is -0.449. The van der Waals surface area contributed by atoms with Gasteiger partial charge in [-0.25, -0.2) is 5.43 Å². The zero-order valence-electron chi connectivity index (χ0n) is 15.4. The summed E-state index contributed by atoms with van der Waals surface area (Å²) in [7, 11) is 0. The number of likely N-dealkylation sites (tertiary alicyclic amines) is 1. The Labute approximate surface area is 160 Å². The van der Waals surface area contributed by atoms with Crippen molar-refractivity contribution in [1.82, 2.24) is 15.8 Å². The van der Waals surface area contributed by atoms with Gasteiger partial charge in [-0.05, 0) is 29.9 Å². The van der Waals surface area contributed by atoms with Crippen LogP contribution < -0.4 is 10.9 Å². The predicted octanol–water partition coefficient (Wildman–Crippen LogP) is 2.42. The van der Waals surface area contributed by atoms with Gasteiger partial charge in [0.25, 0.3) is 0 Å². The average Bonchev–Trinajstić information content (AvgIpc) is 3.24. The number of nitrogens with one attached hydrogen (secondary N) is 2. The second kappa shape index (κ2) is 8.21. The first-order valence-electron chi connectivity index (χ1n) is 9.79. The molecule has 4 rings (SSSR count). The smallest absolute Gasteiger partial charge is 0.229 e. The van der Waals surface area contributed by atoms with E-state index in [1.165, 1.54) is 0 Å². The van der Waals surface area contributed by atoms with Crippen molar-refractivity contribution in [2.24, 2.45) is 11.8 Å². The number of hydrogen-bond acceptors (Lipinski definition) is 4. The Balaban J connectivity index is 1.37. The molecule has 2 aromatic carbocycles. The molecule has 142 valence electrons. The lowest BCUT2D eigenvalue weighted by Crippen LogP contribution is -2.44. The van der Waals surface area contributed by atoms with Crippen LogP contribution in [0.25, 0.3) is 0 Å². The Kier molecular flexibility index (Phi) is 5.53. The summed E-state index contributed by atoms with van der Waals surface area (Å²) in [6.45, 7) is 2.07. The first kappa shape index (κ1) is 18.2. The van der Waals surface area contributed by atoms with Crippen molar-refractivity contribution in [3.63, 3.8) is 0 Å². The fourth-order valence-electron chi connectivity index (χ4n) is 4.30. The van der Waals surface area contributed by atoms with Gasteiger partial charge in [0, 0.05) is 19.6 Å². The van der Waals surface area contributed by atoms with Gasteiger partial charge < -0.3 is 10.0 Å². The molecule has 3 N–H and O–H groups in total. The van der Waals surface area contributed by atoms with Crippen LogP contribution in [0.3, 0.4) is 0 Å². The molecule has 5 heteroatoms. The molecule has 2 saturated heterocycles. The Hall–Kier alpha value is -2.21. The highest BCUT2D eigenvalue weighted by Crippen LogP contribution is 2.32. The van der Waals surface area contributed by atoms with E-state index in [0.29, 0.717) is 19.6 Å². The van der Waals surface area contributed by atoms with Crippen LogP contribution in [0.1, 0.15) is 36.1 Å². The topological polar surface area (TPSA) is 64.6 Å². The number of amides is 1. The molecular formula is C22H27N3O2. The van der Waals surface area contributed by atoms with Gasteiger partial charge in [-0.3, -0.25) is 10.2 Å². The zero-order valence-corrected chi connectivity index (χ0v) is 15.4. The van der Waals surface area contributed by atoms with Crippen LogP contribution in [0.4, 0.5) is 0 Å². The van der Waals surface area contributed by atoms with Crippen molar-refractivity contribution in [2.45, 2.75) is 25.0 Å². The summed E-state index contributed by atoms with van der Waals surface area (Å²) < 4.78 is 0. The van der Waals surface area contributed by atoms with Crippen LogP contribution in [-0.4, -0.2) is 35.5 Å². The van der Waals surface area contributed by atoms with E-state index < -0.39 is 6.10 Å². The molecule has 0 aliphatic carbocycles. The number of aliphatic hydroxyl groups is 1. The molecule has 2 aliphatic rings. The molecule has 0 saturated carbocycles. The maximum Gasteiger partial charge on any atom is 0.229 e. The Morgan fingerprint density at radius 3 is 2.30 bits per heavy atom. The summed E-state index contributed by atoms with van der Waals surface area (Å²) in [6.07, 6.45) is 1.23. The maximum atomic E-state index is 13.1. The molecule has 3 atom stereocenters. The summed E-state index contributed by atoms with van der Waals surface area (Å²) >= 11 is 0. The summed E-state index contributed by atoms with van der Waals surface area (Å²) in [6, 6.07) is 20.0. The molecule has 0 bridgehead atoms. The molecule has 2 aliphatic heterocycles. The third-order valence-electron chi connectivity index (χ3n) is 5.90. The van der Waals surface area contributed by atoms with Crippen molar-refractivity contribution in [2.75, 3.05) is 19.6 Å². The molecule has 1 amide bonds. The van der Waals surface area contributed by atoms with Crippen LogP contribution in [-0.2, 0) is 4.79 Å². The lowest BCUT2D eigenvalue weighted by molar-refractivity contribution is -0.137. The monoisotopic (exact) mass is 365 g/mol. The quantitative estimate of drug-likeness (QED) is 0.779. The predicted molar refractivity (Wildman–Crippen MR) is 105 cm³/mol. The minimum absolute atomic E-state index is 0.00586. The third-order valence-corrected chi connectivity index (χ3v) is 5.90. The Morgan fingerprint density at radius 1 is 1.00 bits per heavy atom. The Bertz CT molecular complexity index is 745. The standard InChI is InChI=1S/C22H27N3O2/c26-21(17-9-5-2-6-10-17)18-11-13-25(14-12-18)22(27)19-15-23-24-20(19)16-7-3-1-4-8-16/h1-10,18-21,23-24,26H,11-15H2. The number of hydrazine groups is 1. The lowest BCUT2D eigenvalue weighted by atomic mass is 9.86. The van der Waals surface area contributed by atoms with Gasteiger partial charge in [0.05, 0.1) is 18.1 Å². The number of nitrogens with zero attached hydrogens (tertiary/aromatic N) is 1. The molecule has 27 heavy (non-hydrogen) atoms. The largest absolute Gasteiger partial charge is 0.388 e. The van der Waals surface area contributed by atoms with E-state index in [1.807, 2.05) is 53.4 Å². The first-order chi connectivity index (χ1) is 13.2. The van der Waals surface area contributed by atoms with E-state index in [2.05, 4.69) is 23.0 Å². The van der Waals surface area contributed by atoms with Crippen molar-refractivity contribution in [3.8, 4) is 0 Å². The van der Waals surface area contributed by atoms with Gasteiger partial charge in [0.2, 0.25) is 5.91 Å². The minimum Gasteiger partial charge on any atom is -0.388 e. The van der Waals surface area contributed by atoms with Gasteiger partial charge in [-0.2, -0.15) is 0 Å². The fraction of sp³-hybridized carbons (Fsp3) is 0.409. The van der Waals surface area contributed by atoms with E-state index in [9.17, 15) is 9.90 Å². The Morgan fingerprint density at radius 2 is 1.63 bits per heavy atom. The molecular weight excluding hydrogens is 338 g/mol. The van der Waals surface area contributed by atoms with Crippen LogP contribution in [0.5, 0.6) is 0 Å². The summed E-state index contributed by atoms with van der Waals surface area (Å²) in [4.78, 5) is 15.1. The fourth-order valence-corrected chi connectivity index (χ4v) is 4.30. The lowest BCUT2D eigenvalue weighted by Gasteiger charge is -2.36. The normalized spacial score (nSPS) is 24.7. The first-order valence-corrected chi connectivity index (χ1v) is 9.79. The van der Waals surface area contributed by atoms with Crippen LogP contribution >= 0.6 is 0 Å². The summed E-state index contributed by atoms with van der Waals surface area (Å²) in [5.74, 6) is 0.318. The van der Waals surface area contributed by atoms with E-state index in [-0.39, 0.29) is 23.8 Å². The number of aliphatic hydroxyl groups excluding tert-OH is 1. The number of piperidine rings is 1. The highest BCUT2D eigenvalue weighted by atomic mass is 16.3. The van der Waals surface area contributed by atoms with Crippen LogP contribution in [0.2, 0.25) is 0 Å². The zero-order chi connectivity index (χ0) is 18.6. The average molecular weight is 365 g/mol. The second-order valence-corrected chi connectivity index (χ2v) is 7.54. The summed E-state index contributed by atoms with van der Waals surface area (Å²) in [5, 5.41) is 10.6. The molecule has 2 fully saturated rings. The molecule has 0 aromatic heterocycles. The molecule has 0 radical (unpaired) electrons. The molecule has 3 unspecified atom stereocenters. The number of carbonyl (C=O) groups is 1. The van der Waals surface area contributed by atoms with Gasteiger partial charge in [-0.15, -0.1) is 0 Å². The number of rotatable bonds is 4. The maximum absolute atomic E-state index is 13.1. The number of benzene rings is 2. The summed E-state index contributed by atoms with van der Waals surface area (Å²) in [5.41, 5.74) is 8.51. The van der Waals surface area contributed by atoms with Crippen molar-refractivity contribution in [1.29, 1.82) is 0 Å². The van der Waals surface area contributed by atoms with Crippen molar-refractivity contribution < 1.29 is 9.90 Å². The van der Waals surface area contributed by atoms with E-state index >= 15 is 0 Å². The van der Waals surface area contributed by atoms with Crippen molar-refractivity contribution in [3.05, 3.63) is 71.8 Å². The van der Waals surface area contributed by atoms with Gasteiger partial charge >= 0.3 is 0 Å². The molecule has 0 spiro atoms. The van der Waals surface area contributed by atoms with Crippen molar-refractivity contribution >= 4 is 5.91 Å². The van der Waals surface area contributed by atoms with Gasteiger partial charge in [0.15, 0.2) is 0 Å². The van der Waals surface area contributed by atoms with E-state index in [0.717, 1.165) is 24.0 Å². The molecule has 2 heterocycles. The highest BCUT2D eigenvalue weighted by Gasteiger charge is 2.38. The molecule has 5 nitrogen and oxygen atoms in total.